The summed E-state index contributed by atoms with van der Waals surface area (Å²) >= 11 is 3.58. The fourth-order valence-electron chi connectivity index (χ4n) is 3.36. The van der Waals surface area contributed by atoms with Crippen molar-refractivity contribution in [3.05, 3.63) is 27.7 Å². The highest BCUT2D eigenvalue weighted by molar-refractivity contribution is 9.10. The van der Waals surface area contributed by atoms with Crippen LogP contribution >= 0.6 is 15.9 Å². The van der Waals surface area contributed by atoms with E-state index in [9.17, 15) is 4.79 Å². The van der Waals surface area contributed by atoms with E-state index in [1.807, 2.05) is 0 Å². The number of methoxy groups -OCH3 is 1. The summed E-state index contributed by atoms with van der Waals surface area (Å²) in [5, 5.41) is 0. The van der Waals surface area contributed by atoms with Gasteiger partial charge in [-0.2, -0.15) is 0 Å². The number of fused-ring (bicyclic) bond motifs is 1. The summed E-state index contributed by atoms with van der Waals surface area (Å²) in [7, 11) is 1.47. The van der Waals surface area contributed by atoms with Crippen molar-refractivity contribution in [1.82, 2.24) is 4.90 Å². The van der Waals surface area contributed by atoms with E-state index in [0.29, 0.717) is 5.92 Å². The van der Waals surface area contributed by atoms with Crippen LogP contribution in [0.15, 0.2) is 16.6 Å². The first kappa shape index (κ1) is 14.9. The maximum absolute atomic E-state index is 11.8. The highest BCUT2D eigenvalue weighted by Gasteiger charge is 2.35. The summed E-state index contributed by atoms with van der Waals surface area (Å²) in [4.78, 5) is 14.1. The molecule has 2 unspecified atom stereocenters. The molecular formula is C16H20BrNO3. The van der Waals surface area contributed by atoms with Crippen LogP contribution in [0.2, 0.25) is 0 Å². The number of nitrogens with zero attached hydrogens (tertiary/aromatic N) is 1. The second-order valence-corrected chi connectivity index (χ2v) is 6.87. The Morgan fingerprint density at radius 2 is 2.29 bits per heavy atom. The lowest BCUT2D eigenvalue weighted by Gasteiger charge is -2.18. The molecule has 2 atom stereocenters. The standard InChI is InChI=1S/C16H20BrNO3/c1-10-7-18(9-14(10)16(19)20-2)8-12-6-13(17)5-11-3-4-21-15(11)12/h5-6,10,14H,3-4,7-9H2,1-2H3. The zero-order chi connectivity index (χ0) is 15.0. The topological polar surface area (TPSA) is 38.8 Å². The minimum atomic E-state index is -0.0966. The molecule has 1 saturated heterocycles. The summed E-state index contributed by atoms with van der Waals surface area (Å²) in [6, 6.07) is 4.26. The molecule has 1 aromatic carbocycles. The fourth-order valence-corrected chi connectivity index (χ4v) is 3.91. The molecule has 0 radical (unpaired) electrons. The SMILES string of the molecule is COC(=O)C1CN(Cc2cc(Br)cc3c2OCC3)CC1C. The van der Waals surface area contributed by atoms with E-state index in [1.54, 1.807) is 0 Å². The third kappa shape index (κ3) is 2.94. The molecule has 2 heterocycles. The van der Waals surface area contributed by atoms with Gasteiger partial charge in [-0.3, -0.25) is 9.69 Å². The third-order valence-corrected chi connectivity index (χ3v) is 4.87. The number of carbonyl (C=O) groups is 1. The normalized spacial score (nSPS) is 24.7. The van der Waals surface area contributed by atoms with E-state index in [4.69, 9.17) is 9.47 Å². The summed E-state index contributed by atoms with van der Waals surface area (Å²) in [5.41, 5.74) is 2.48. The Kier molecular flexibility index (Phi) is 4.22. The molecule has 5 heteroatoms. The lowest BCUT2D eigenvalue weighted by atomic mass is 9.99. The van der Waals surface area contributed by atoms with Crippen molar-refractivity contribution in [2.45, 2.75) is 19.9 Å². The second kappa shape index (κ2) is 5.97. The number of hydrogen-bond acceptors (Lipinski definition) is 4. The highest BCUT2D eigenvalue weighted by atomic mass is 79.9. The predicted molar refractivity (Wildman–Crippen MR) is 83.3 cm³/mol. The van der Waals surface area contributed by atoms with Gasteiger partial charge in [-0.1, -0.05) is 22.9 Å². The summed E-state index contributed by atoms with van der Waals surface area (Å²) in [6.07, 6.45) is 0.975. The second-order valence-electron chi connectivity index (χ2n) is 5.95. The van der Waals surface area contributed by atoms with Gasteiger partial charge in [0.05, 0.1) is 19.6 Å². The van der Waals surface area contributed by atoms with Gasteiger partial charge in [-0.15, -0.1) is 0 Å². The fraction of sp³-hybridized carbons (Fsp3) is 0.562. The minimum Gasteiger partial charge on any atom is -0.493 e. The van der Waals surface area contributed by atoms with Crippen LogP contribution in [0.5, 0.6) is 5.75 Å². The summed E-state index contributed by atoms with van der Waals surface area (Å²) in [5.74, 6) is 1.25. The number of hydrogen-bond donors (Lipinski definition) is 0. The minimum absolute atomic E-state index is 0.0175. The first-order valence-corrected chi connectivity index (χ1v) is 8.12. The van der Waals surface area contributed by atoms with Gasteiger partial charge in [0.1, 0.15) is 5.75 Å². The molecule has 2 aliphatic heterocycles. The quantitative estimate of drug-likeness (QED) is 0.783. The third-order valence-electron chi connectivity index (χ3n) is 4.41. The molecule has 4 nitrogen and oxygen atoms in total. The number of rotatable bonds is 3. The number of halogens is 1. The maximum atomic E-state index is 11.8. The maximum Gasteiger partial charge on any atom is 0.310 e. The monoisotopic (exact) mass is 353 g/mol. The van der Waals surface area contributed by atoms with Gasteiger partial charge < -0.3 is 9.47 Å². The van der Waals surface area contributed by atoms with Gasteiger partial charge in [0, 0.05) is 36.1 Å². The van der Waals surface area contributed by atoms with Crippen molar-refractivity contribution < 1.29 is 14.3 Å². The van der Waals surface area contributed by atoms with Crippen LogP contribution in [-0.2, 0) is 22.5 Å². The Morgan fingerprint density at radius 3 is 3.05 bits per heavy atom. The first-order valence-electron chi connectivity index (χ1n) is 7.32. The van der Waals surface area contributed by atoms with Crippen LogP contribution in [0.1, 0.15) is 18.1 Å². The Bertz CT molecular complexity index is 561. The predicted octanol–water partition coefficient (Wildman–Crippen LogP) is 2.62. The molecule has 1 fully saturated rings. The molecule has 114 valence electrons. The van der Waals surface area contributed by atoms with E-state index in [2.05, 4.69) is 39.9 Å². The molecule has 0 aromatic heterocycles. The van der Waals surface area contributed by atoms with Gasteiger partial charge in [0.25, 0.3) is 0 Å². The molecule has 0 spiro atoms. The zero-order valence-electron chi connectivity index (χ0n) is 12.4. The summed E-state index contributed by atoms with van der Waals surface area (Å²) in [6.45, 7) is 5.37. The smallest absolute Gasteiger partial charge is 0.310 e. The van der Waals surface area contributed by atoms with Crippen LogP contribution in [0, 0.1) is 11.8 Å². The first-order chi connectivity index (χ1) is 10.1. The summed E-state index contributed by atoms with van der Waals surface area (Å²) < 4.78 is 11.8. The van der Waals surface area contributed by atoms with Crippen LogP contribution in [0.25, 0.3) is 0 Å². The van der Waals surface area contributed by atoms with Crippen molar-refractivity contribution in [3.63, 3.8) is 0 Å². The van der Waals surface area contributed by atoms with Crippen LogP contribution < -0.4 is 4.74 Å². The van der Waals surface area contributed by atoms with Crippen LogP contribution in [0.4, 0.5) is 0 Å². The lowest BCUT2D eigenvalue weighted by Crippen LogP contribution is -2.24. The van der Waals surface area contributed by atoms with E-state index in [0.717, 1.165) is 42.9 Å². The van der Waals surface area contributed by atoms with Gasteiger partial charge in [-0.25, -0.2) is 0 Å². The van der Waals surface area contributed by atoms with E-state index < -0.39 is 0 Å². The van der Waals surface area contributed by atoms with Gasteiger partial charge >= 0.3 is 5.97 Å². The molecule has 0 saturated carbocycles. The lowest BCUT2D eigenvalue weighted by molar-refractivity contribution is -0.146. The molecular weight excluding hydrogens is 334 g/mol. The molecule has 0 N–H and O–H groups in total. The zero-order valence-corrected chi connectivity index (χ0v) is 14.0. The van der Waals surface area contributed by atoms with Crippen molar-refractivity contribution >= 4 is 21.9 Å². The Morgan fingerprint density at radius 1 is 1.48 bits per heavy atom. The average Bonchev–Trinajstić information content (AvgIpc) is 3.04. The van der Waals surface area contributed by atoms with Crippen molar-refractivity contribution in [2.24, 2.45) is 11.8 Å². The van der Waals surface area contributed by atoms with E-state index >= 15 is 0 Å². The van der Waals surface area contributed by atoms with Crippen LogP contribution in [0.3, 0.4) is 0 Å². The van der Waals surface area contributed by atoms with Gasteiger partial charge in [0.2, 0.25) is 0 Å². The Labute approximate surface area is 133 Å². The molecule has 1 aromatic rings. The van der Waals surface area contributed by atoms with E-state index in [1.165, 1.54) is 18.2 Å². The van der Waals surface area contributed by atoms with Crippen molar-refractivity contribution in [2.75, 3.05) is 26.8 Å². The Hall–Kier alpha value is -1.07. The highest BCUT2D eigenvalue weighted by Crippen LogP contribution is 2.35. The number of benzene rings is 1. The van der Waals surface area contributed by atoms with E-state index in [-0.39, 0.29) is 11.9 Å². The Balaban J connectivity index is 1.75. The van der Waals surface area contributed by atoms with Crippen molar-refractivity contribution in [3.8, 4) is 5.75 Å². The number of ether oxygens (including phenoxy) is 2. The van der Waals surface area contributed by atoms with Crippen molar-refractivity contribution in [1.29, 1.82) is 0 Å². The largest absolute Gasteiger partial charge is 0.493 e. The number of carbonyl (C=O) groups excluding carboxylic acids is 1. The molecule has 3 rings (SSSR count). The number of likely N-dealkylation sites (tertiary alicyclic amines) is 1. The van der Waals surface area contributed by atoms with Gasteiger partial charge in [0.15, 0.2) is 0 Å². The molecule has 0 amide bonds. The average molecular weight is 354 g/mol. The molecule has 0 bridgehead atoms. The van der Waals surface area contributed by atoms with Gasteiger partial charge in [-0.05, 0) is 23.6 Å². The van der Waals surface area contributed by atoms with Crippen LogP contribution in [-0.4, -0.2) is 37.7 Å². The molecule has 21 heavy (non-hydrogen) atoms. The molecule has 0 aliphatic carbocycles. The molecule has 2 aliphatic rings. The number of esters is 1.